The molecule has 0 atom stereocenters. The van der Waals surface area contributed by atoms with Crippen molar-refractivity contribution in [3.8, 4) is 0 Å². The van der Waals surface area contributed by atoms with Gasteiger partial charge in [0, 0.05) is 12.5 Å². The molecule has 8 heteroatoms. The number of nitrogens with one attached hydrogen (secondary N) is 1. The Balaban J connectivity index is 3.65. The smallest absolute Gasteiger partial charge is 0.318 e. The normalized spacial score (nSPS) is 10.2. The molecular weight excluding hydrogens is 241 g/mol. The zero-order chi connectivity index (χ0) is 13.3. The number of rotatable bonds is 2. The van der Waals surface area contributed by atoms with E-state index in [4.69, 9.17) is 0 Å². The minimum absolute atomic E-state index is 0.739. The van der Waals surface area contributed by atoms with Gasteiger partial charge < -0.3 is 5.32 Å². The van der Waals surface area contributed by atoms with Crippen molar-refractivity contribution in [1.29, 1.82) is 0 Å². The predicted octanol–water partition coefficient (Wildman–Crippen LogP) is 2.28. The van der Waals surface area contributed by atoms with Crippen molar-refractivity contribution in [1.82, 2.24) is 0 Å². The first-order valence-corrected chi connectivity index (χ1v) is 4.36. The Hall–Kier alpha value is -2.12. The second kappa shape index (κ2) is 4.40. The van der Waals surface area contributed by atoms with Gasteiger partial charge in [-0.15, -0.1) is 0 Å². The SMILES string of the molecule is CC(=O)Nc1c(F)c(C)c(F)c(F)c1[N+](=O)[O-]. The summed E-state index contributed by atoms with van der Waals surface area (Å²) in [6.07, 6.45) is 0. The second-order valence-corrected chi connectivity index (χ2v) is 3.23. The summed E-state index contributed by atoms with van der Waals surface area (Å²) in [5, 5.41) is 12.3. The Kier molecular flexibility index (Phi) is 3.35. The third-order valence-corrected chi connectivity index (χ3v) is 2.00. The molecule has 1 aromatic rings. The van der Waals surface area contributed by atoms with Gasteiger partial charge in [-0.3, -0.25) is 14.9 Å². The van der Waals surface area contributed by atoms with Crippen LogP contribution in [0.2, 0.25) is 0 Å². The maximum atomic E-state index is 13.5. The Bertz CT molecular complexity index is 517. The van der Waals surface area contributed by atoms with Crippen molar-refractivity contribution in [2.24, 2.45) is 0 Å². The van der Waals surface area contributed by atoms with Gasteiger partial charge in [0.25, 0.3) is 0 Å². The lowest BCUT2D eigenvalue weighted by Gasteiger charge is -2.09. The third kappa shape index (κ3) is 2.19. The van der Waals surface area contributed by atoms with E-state index in [0.717, 1.165) is 13.8 Å². The standard InChI is InChI=1S/C9H7F3N2O3/c1-3-5(10)7(12)9(14(16)17)8(6(3)11)13-4(2)15/h1-2H3,(H,13,15). The van der Waals surface area contributed by atoms with Gasteiger partial charge in [-0.2, -0.15) is 4.39 Å². The van der Waals surface area contributed by atoms with E-state index in [-0.39, 0.29) is 0 Å². The lowest BCUT2D eigenvalue weighted by atomic mass is 10.1. The van der Waals surface area contributed by atoms with Crippen LogP contribution in [0, 0.1) is 34.5 Å². The third-order valence-electron chi connectivity index (χ3n) is 2.00. The van der Waals surface area contributed by atoms with Crippen molar-refractivity contribution in [3.63, 3.8) is 0 Å². The highest BCUT2D eigenvalue weighted by Crippen LogP contribution is 2.34. The zero-order valence-corrected chi connectivity index (χ0v) is 8.81. The largest absolute Gasteiger partial charge is 0.334 e. The quantitative estimate of drug-likeness (QED) is 0.495. The van der Waals surface area contributed by atoms with Gasteiger partial charge in [0.2, 0.25) is 11.7 Å². The van der Waals surface area contributed by atoms with Crippen LogP contribution in [0.4, 0.5) is 24.5 Å². The highest BCUT2D eigenvalue weighted by Gasteiger charge is 2.31. The average molecular weight is 248 g/mol. The highest BCUT2D eigenvalue weighted by atomic mass is 19.2. The topological polar surface area (TPSA) is 72.2 Å². The Morgan fingerprint density at radius 3 is 2.18 bits per heavy atom. The fourth-order valence-electron chi connectivity index (χ4n) is 1.23. The summed E-state index contributed by atoms with van der Waals surface area (Å²) in [5.41, 5.74) is -3.14. The molecule has 0 bridgehead atoms. The van der Waals surface area contributed by atoms with Gasteiger partial charge >= 0.3 is 5.69 Å². The molecule has 1 amide bonds. The lowest BCUT2D eigenvalue weighted by Crippen LogP contribution is -2.13. The van der Waals surface area contributed by atoms with E-state index in [2.05, 4.69) is 0 Å². The predicted molar refractivity (Wildman–Crippen MR) is 52.0 cm³/mol. The van der Waals surface area contributed by atoms with E-state index in [1.54, 1.807) is 5.32 Å². The molecule has 0 aliphatic carbocycles. The molecule has 0 saturated carbocycles. The summed E-state index contributed by atoms with van der Waals surface area (Å²) in [6, 6.07) is 0. The number of carbonyl (C=O) groups excluding carboxylic acids is 1. The van der Waals surface area contributed by atoms with Crippen LogP contribution in [0.15, 0.2) is 0 Å². The van der Waals surface area contributed by atoms with Gasteiger partial charge in [0.15, 0.2) is 17.3 Å². The van der Waals surface area contributed by atoms with Gasteiger partial charge in [-0.05, 0) is 6.92 Å². The van der Waals surface area contributed by atoms with Gasteiger partial charge in [0.1, 0.15) is 0 Å². The maximum absolute atomic E-state index is 13.5. The highest BCUT2D eigenvalue weighted by molar-refractivity contribution is 5.91. The van der Waals surface area contributed by atoms with Crippen LogP contribution in [0.1, 0.15) is 12.5 Å². The number of carbonyl (C=O) groups is 1. The van der Waals surface area contributed by atoms with Gasteiger partial charge in [-0.25, -0.2) is 8.78 Å². The number of nitro benzene ring substituents is 1. The molecule has 0 spiro atoms. The van der Waals surface area contributed by atoms with E-state index in [1.807, 2.05) is 0 Å². The molecule has 0 saturated heterocycles. The fourth-order valence-corrected chi connectivity index (χ4v) is 1.23. The molecule has 1 rings (SSSR count). The van der Waals surface area contributed by atoms with E-state index in [1.165, 1.54) is 0 Å². The molecule has 1 N–H and O–H groups in total. The van der Waals surface area contributed by atoms with Crippen molar-refractivity contribution in [2.75, 3.05) is 5.32 Å². The van der Waals surface area contributed by atoms with Crippen LogP contribution < -0.4 is 5.32 Å². The van der Waals surface area contributed by atoms with Crippen LogP contribution in [-0.2, 0) is 4.79 Å². The summed E-state index contributed by atoms with van der Waals surface area (Å²) in [4.78, 5) is 20.0. The molecular formula is C9H7F3N2O3. The Morgan fingerprint density at radius 1 is 1.24 bits per heavy atom. The second-order valence-electron chi connectivity index (χ2n) is 3.23. The number of hydrogen-bond donors (Lipinski definition) is 1. The minimum atomic E-state index is -1.81. The number of nitro groups is 1. The molecule has 0 unspecified atom stereocenters. The zero-order valence-electron chi connectivity index (χ0n) is 8.81. The molecule has 0 fully saturated rings. The van der Waals surface area contributed by atoms with Crippen LogP contribution in [0.5, 0.6) is 0 Å². The van der Waals surface area contributed by atoms with Crippen LogP contribution in [-0.4, -0.2) is 10.8 Å². The molecule has 0 aliphatic heterocycles. The fraction of sp³-hybridized carbons (Fsp3) is 0.222. The van der Waals surface area contributed by atoms with E-state index in [0.29, 0.717) is 0 Å². The summed E-state index contributed by atoms with van der Waals surface area (Å²) in [5.74, 6) is -5.66. The van der Waals surface area contributed by atoms with Crippen LogP contribution >= 0.6 is 0 Å². The summed E-state index contributed by atoms with van der Waals surface area (Å²) >= 11 is 0. The summed E-state index contributed by atoms with van der Waals surface area (Å²) in [7, 11) is 0. The van der Waals surface area contributed by atoms with Crippen molar-refractivity contribution >= 4 is 17.3 Å². The molecule has 0 heterocycles. The Morgan fingerprint density at radius 2 is 1.76 bits per heavy atom. The van der Waals surface area contributed by atoms with Crippen molar-refractivity contribution < 1.29 is 22.9 Å². The number of halogens is 3. The summed E-state index contributed by atoms with van der Waals surface area (Å²) in [6.45, 7) is 1.86. The van der Waals surface area contributed by atoms with Crippen LogP contribution in [0.25, 0.3) is 0 Å². The first kappa shape index (κ1) is 12.9. The molecule has 0 aliphatic rings. The molecule has 0 radical (unpaired) electrons. The first-order chi connectivity index (χ1) is 7.77. The van der Waals surface area contributed by atoms with E-state index < -0.39 is 45.2 Å². The van der Waals surface area contributed by atoms with Crippen molar-refractivity contribution in [2.45, 2.75) is 13.8 Å². The number of benzene rings is 1. The molecule has 17 heavy (non-hydrogen) atoms. The van der Waals surface area contributed by atoms with E-state index in [9.17, 15) is 28.1 Å². The minimum Gasteiger partial charge on any atom is -0.318 e. The first-order valence-electron chi connectivity index (χ1n) is 4.36. The number of amides is 1. The lowest BCUT2D eigenvalue weighted by molar-refractivity contribution is -0.387. The van der Waals surface area contributed by atoms with Gasteiger partial charge in [-0.1, -0.05) is 0 Å². The van der Waals surface area contributed by atoms with E-state index >= 15 is 0 Å². The van der Waals surface area contributed by atoms with Crippen LogP contribution in [0.3, 0.4) is 0 Å². The number of hydrogen-bond acceptors (Lipinski definition) is 3. The summed E-state index contributed by atoms with van der Waals surface area (Å²) < 4.78 is 39.9. The molecule has 92 valence electrons. The maximum Gasteiger partial charge on any atom is 0.334 e. The Labute approximate surface area is 93.4 Å². The molecule has 0 aromatic heterocycles. The molecule has 5 nitrogen and oxygen atoms in total. The molecule has 1 aromatic carbocycles. The van der Waals surface area contributed by atoms with Gasteiger partial charge in [0.05, 0.1) is 4.92 Å². The number of nitrogens with zero attached hydrogens (tertiary/aromatic N) is 1. The average Bonchev–Trinajstić information content (AvgIpc) is 2.22. The number of anilines is 1. The van der Waals surface area contributed by atoms with Crippen molar-refractivity contribution in [3.05, 3.63) is 33.1 Å². The monoisotopic (exact) mass is 248 g/mol.